The molecule has 2 aliphatic rings. The third-order valence-corrected chi connectivity index (χ3v) is 4.54. The van der Waals surface area contributed by atoms with Crippen LogP contribution in [0.2, 0.25) is 0 Å². The molecule has 0 aromatic heterocycles. The number of hydrogen-bond donors (Lipinski definition) is 1. The van der Waals surface area contributed by atoms with Gasteiger partial charge in [-0.3, -0.25) is 4.79 Å². The van der Waals surface area contributed by atoms with Crippen LogP contribution < -0.4 is 10.1 Å². The lowest BCUT2D eigenvalue weighted by atomic mass is 10.1. The van der Waals surface area contributed by atoms with Gasteiger partial charge in [-0.2, -0.15) is 0 Å². The molecule has 4 nitrogen and oxygen atoms in total. The number of nitrogens with one attached hydrogen (secondary N) is 1. The average Bonchev–Trinajstić information content (AvgIpc) is 3.20. The van der Waals surface area contributed by atoms with Crippen molar-refractivity contribution < 1.29 is 14.3 Å². The molecule has 2 unspecified atom stereocenters. The number of benzene rings is 1. The van der Waals surface area contributed by atoms with Crippen molar-refractivity contribution in [1.29, 1.82) is 0 Å². The molecule has 0 saturated carbocycles. The highest BCUT2D eigenvalue weighted by molar-refractivity contribution is 5.81. The second-order valence-electron chi connectivity index (χ2n) is 6.18. The van der Waals surface area contributed by atoms with Crippen molar-refractivity contribution in [3.63, 3.8) is 0 Å². The lowest BCUT2D eigenvalue weighted by molar-refractivity contribution is -0.128. The van der Waals surface area contributed by atoms with E-state index in [1.807, 2.05) is 13.0 Å². The summed E-state index contributed by atoms with van der Waals surface area (Å²) in [5.74, 6) is 0.762. The van der Waals surface area contributed by atoms with E-state index in [0.29, 0.717) is 13.0 Å². The summed E-state index contributed by atoms with van der Waals surface area (Å²) in [5, 5.41) is 2.96. The van der Waals surface area contributed by atoms with Gasteiger partial charge in [0.05, 0.1) is 6.10 Å². The van der Waals surface area contributed by atoms with E-state index in [1.165, 1.54) is 17.5 Å². The van der Waals surface area contributed by atoms with Crippen molar-refractivity contribution >= 4 is 5.91 Å². The Morgan fingerprint density at radius 2 is 2.23 bits per heavy atom. The van der Waals surface area contributed by atoms with Crippen LogP contribution in [0.1, 0.15) is 43.7 Å². The number of fused-ring (bicyclic) bond motifs is 1. The summed E-state index contributed by atoms with van der Waals surface area (Å²) in [6, 6.07) is 6.22. The summed E-state index contributed by atoms with van der Waals surface area (Å²) < 4.78 is 11.4. The molecular formula is C18H25NO3. The van der Waals surface area contributed by atoms with Gasteiger partial charge in [-0.1, -0.05) is 13.0 Å². The van der Waals surface area contributed by atoms with Gasteiger partial charge in [0.1, 0.15) is 5.75 Å². The number of rotatable bonds is 6. The molecule has 1 amide bonds. The second-order valence-corrected chi connectivity index (χ2v) is 6.18. The van der Waals surface area contributed by atoms with Crippen LogP contribution >= 0.6 is 0 Å². The van der Waals surface area contributed by atoms with Gasteiger partial charge in [-0.15, -0.1) is 0 Å². The van der Waals surface area contributed by atoms with Crippen LogP contribution in [0.5, 0.6) is 5.75 Å². The van der Waals surface area contributed by atoms with Crippen molar-refractivity contribution in [2.24, 2.45) is 0 Å². The van der Waals surface area contributed by atoms with Crippen molar-refractivity contribution in [2.45, 2.75) is 57.7 Å². The number of carbonyl (C=O) groups excluding carboxylic acids is 1. The number of amides is 1. The van der Waals surface area contributed by atoms with Crippen LogP contribution in [0.4, 0.5) is 0 Å². The minimum atomic E-state index is -0.430. The van der Waals surface area contributed by atoms with Crippen LogP contribution in [0.25, 0.3) is 0 Å². The first kappa shape index (κ1) is 15.3. The van der Waals surface area contributed by atoms with Gasteiger partial charge in [-0.25, -0.2) is 0 Å². The first-order chi connectivity index (χ1) is 10.8. The zero-order valence-electron chi connectivity index (χ0n) is 13.3. The molecule has 1 aliphatic carbocycles. The molecule has 22 heavy (non-hydrogen) atoms. The highest BCUT2D eigenvalue weighted by atomic mass is 16.5. The van der Waals surface area contributed by atoms with E-state index in [2.05, 4.69) is 17.4 Å². The molecule has 1 N–H and O–H groups in total. The zero-order chi connectivity index (χ0) is 15.4. The smallest absolute Gasteiger partial charge is 0.261 e. The van der Waals surface area contributed by atoms with E-state index in [9.17, 15) is 4.79 Å². The van der Waals surface area contributed by atoms with Gasteiger partial charge in [0.15, 0.2) is 6.10 Å². The van der Waals surface area contributed by atoms with E-state index >= 15 is 0 Å². The Labute approximate surface area is 132 Å². The molecule has 0 radical (unpaired) electrons. The maximum absolute atomic E-state index is 12.3. The van der Waals surface area contributed by atoms with Crippen LogP contribution in [0, 0.1) is 0 Å². The topological polar surface area (TPSA) is 47.6 Å². The number of carbonyl (C=O) groups is 1. The zero-order valence-corrected chi connectivity index (χ0v) is 13.3. The minimum Gasteiger partial charge on any atom is -0.481 e. The molecule has 1 aromatic carbocycles. The molecule has 2 atom stereocenters. The molecular weight excluding hydrogens is 278 g/mol. The molecule has 1 saturated heterocycles. The summed E-state index contributed by atoms with van der Waals surface area (Å²) in [6.07, 6.45) is 6.02. The van der Waals surface area contributed by atoms with Crippen molar-refractivity contribution in [2.75, 3.05) is 13.2 Å². The molecule has 1 aliphatic heterocycles. The van der Waals surface area contributed by atoms with Crippen LogP contribution in [0.15, 0.2) is 18.2 Å². The van der Waals surface area contributed by atoms with Crippen molar-refractivity contribution in [3.8, 4) is 5.75 Å². The monoisotopic (exact) mass is 303 g/mol. The fourth-order valence-electron chi connectivity index (χ4n) is 3.24. The molecule has 0 spiro atoms. The standard InChI is InChI=1S/C18H25NO3/c1-2-17(18(20)19-12-16-7-4-10-21-16)22-15-9-8-13-5-3-6-14(13)11-15/h8-9,11,16-17H,2-7,10,12H2,1H3,(H,19,20). The Kier molecular flexibility index (Phi) is 4.98. The lowest BCUT2D eigenvalue weighted by Gasteiger charge is -2.19. The first-order valence-corrected chi connectivity index (χ1v) is 8.44. The van der Waals surface area contributed by atoms with Gasteiger partial charge < -0.3 is 14.8 Å². The predicted molar refractivity (Wildman–Crippen MR) is 85.2 cm³/mol. The highest BCUT2D eigenvalue weighted by Crippen LogP contribution is 2.26. The van der Waals surface area contributed by atoms with Crippen LogP contribution in [0.3, 0.4) is 0 Å². The Morgan fingerprint density at radius 1 is 1.36 bits per heavy atom. The number of ether oxygens (including phenoxy) is 2. The fourth-order valence-corrected chi connectivity index (χ4v) is 3.24. The van der Waals surface area contributed by atoms with E-state index in [4.69, 9.17) is 9.47 Å². The normalized spacial score (nSPS) is 21.4. The van der Waals surface area contributed by atoms with Gasteiger partial charge in [0, 0.05) is 13.2 Å². The Hall–Kier alpha value is -1.55. The van der Waals surface area contributed by atoms with E-state index in [0.717, 1.165) is 38.0 Å². The minimum absolute atomic E-state index is 0.0431. The van der Waals surface area contributed by atoms with E-state index in [1.54, 1.807) is 0 Å². The molecule has 4 heteroatoms. The van der Waals surface area contributed by atoms with E-state index < -0.39 is 6.10 Å². The summed E-state index contributed by atoms with van der Waals surface area (Å²) in [7, 11) is 0. The molecule has 3 rings (SSSR count). The van der Waals surface area contributed by atoms with Gasteiger partial charge in [0.25, 0.3) is 5.91 Å². The van der Waals surface area contributed by atoms with Gasteiger partial charge in [0.2, 0.25) is 0 Å². The summed E-state index contributed by atoms with van der Waals surface area (Å²) in [4.78, 5) is 12.3. The first-order valence-electron chi connectivity index (χ1n) is 8.44. The third kappa shape index (κ3) is 3.61. The molecule has 1 fully saturated rings. The average molecular weight is 303 g/mol. The summed E-state index contributed by atoms with van der Waals surface area (Å²) in [6.45, 7) is 3.37. The van der Waals surface area contributed by atoms with Crippen LogP contribution in [-0.2, 0) is 22.4 Å². The number of hydrogen-bond acceptors (Lipinski definition) is 3. The Balaban J connectivity index is 1.55. The number of aryl methyl sites for hydroxylation is 2. The lowest BCUT2D eigenvalue weighted by Crippen LogP contribution is -2.41. The Morgan fingerprint density at radius 3 is 3.00 bits per heavy atom. The summed E-state index contributed by atoms with van der Waals surface area (Å²) >= 11 is 0. The largest absolute Gasteiger partial charge is 0.481 e. The predicted octanol–water partition coefficient (Wildman–Crippen LogP) is 2.63. The van der Waals surface area contributed by atoms with Crippen molar-refractivity contribution in [3.05, 3.63) is 29.3 Å². The van der Waals surface area contributed by atoms with Gasteiger partial charge >= 0.3 is 0 Å². The van der Waals surface area contributed by atoms with E-state index in [-0.39, 0.29) is 12.0 Å². The third-order valence-electron chi connectivity index (χ3n) is 4.54. The van der Waals surface area contributed by atoms with Crippen LogP contribution in [-0.4, -0.2) is 31.3 Å². The highest BCUT2D eigenvalue weighted by Gasteiger charge is 2.22. The Bertz CT molecular complexity index is 523. The molecule has 1 aromatic rings. The fraction of sp³-hybridized carbons (Fsp3) is 0.611. The maximum Gasteiger partial charge on any atom is 0.261 e. The summed E-state index contributed by atoms with van der Waals surface area (Å²) in [5.41, 5.74) is 2.79. The maximum atomic E-state index is 12.3. The molecule has 1 heterocycles. The molecule has 0 bridgehead atoms. The van der Waals surface area contributed by atoms with Gasteiger partial charge in [-0.05, 0) is 61.8 Å². The second kappa shape index (κ2) is 7.14. The quantitative estimate of drug-likeness (QED) is 0.879. The van der Waals surface area contributed by atoms with Crippen molar-refractivity contribution in [1.82, 2.24) is 5.32 Å². The SMILES string of the molecule is CCC(Oc1ccc2c(c1)CCC2)C(=O)NCC1CCCO1. The molecule has 120 valence electrons.